The zero-order valence-electron chi connectivity index (χ0n) is 12.6. The number of aryl methyl sites for hydroxylation is 2. The summed E-state index contributed by atoms with van der Waals surface area (Å²) in [4.78, 5) is 9.11. The van der Waals surface area contributed by atoms with Gasteiger partial charge < -0.3 is 5.32 Å². The number of hydrogen-bond donors (Lipinski definition) is 1. The molecule has 3 rings (SSSR count). The Balaban J connectivity index is 1.81. The molecule has 0 atom stereocenters. The third kappa shape index (κ3) is 3.22. The molecule has 1 N–H and O–H groups in total. The number of thiazole rings is 1. The summed E-state index contributed by atoms with van der Waals surface area (Å²) in [5, 5.41) is 6.61. The summed E-state index contributed by atoms with van der Waals surface area (Å²) in [5.74, 6) is 0. The van der Waals surface area contributed by atoms with Crippen LogP contribution in [-0.4, -0.2) is 17.2 Å². The minimum atomic E-state index is 0.801. The molecule has 0 spiro atoms. The first-order valence-corrected chi connectivity index (χ1v) is 7.98. The molecule has 0 radical (unpaired) electrons. The predicted octanol–water partition coefficient (Wildman–Crippen LogP) is 3.71. The molecular weight excluding hydrogens is 278 g/mol. The van der Waals surface area contributed by atoms with Gasteiger partial charge in [0.2, 0.25) is 0 Å². The predicted molar refractivity (Wildman–Crippen MR) is 89.9 cm³/mol. The van der Waals surface area contributed by atoms with E-state index in [1.807, 2.05) is 13.1 Å². The fourth-order valence-electron chi connectivity index (χ4n) is 2.32. The second-order valence-corrected chi connectivity index (χ2v) is 6.44. The summed E-state index contributed by atoms with van der Waals surface area (Å²) in [6.07, 6.45) is 2.77. The van der Waals surface area contributed by atoms with Crippen LogP contribution >= 0.6 is 11.3 Å². The monoisotopic (exact) mass is 297 g/mol. The number of aromatic nitrogens is 1. The van der Waals surface area contributed by atoms with E-state index in [0.29, 0.717) is 0 Å². The van der Waals surface area contributed by atoms with E-state index in [4.69, 9.17) is 4.98 Å². The van der Waals surface area contributed by atoms with E-state index in [1.165, 1.54) is 16.7 Å². The maximum Gasteiger partial charge on any atom is 0.0989 e. The van der Waals surface area contributed by atoms with Gasteiger partial charge in [0.15, 0.2) is 0 Å². The molecule has 0 amide bonds. The molecule has 2 aromatic rings. The van der Waals surface area contributed by atoms with Gasteiger partial charge in [0.05, 0.1) is 29.1 Å². The lowest BCUT2D eigenvalue weighted by molar-refractivity contribution is 0.989. The zero-order chi connectivity index (χ0) is 14.8. The van der Waals surface area contributed by atoms with E-state index in [-0.39, 0.29) is 0 Å². The van der Waals surface area contributed by atoms with Gasteiger partial charge in [0.25, 0.3) is 0 Å². The Morgan fingerprint density at radius 1 is 1.24 bits per heavy atom. The third-order valence-electron chi connectivity index (χ3n) is 3.62. The Labute approximate surface area is 129 Å². The van der Waals surface area contributed by atoms with Gasteiger partial charge in [-0.3, -0.25) is 4.99 Å². The summed E-state index contributed by atoms with van der Waals surface area (Å²) in [5.41, 5.74) is 7.10. The van der Waals surface area contributed by atoms with Crippen molar-refractivity contribution in [2.24, 2.45) is 4.99 Å². The maximum atomic E-state index is 4.74. The van der Waals surface area contributed by atoms with Crippen molar-refractivity contribution >= 4 is 22.7 Å². The molecule has 0 unspecified atom stereocenters. The lowest BCUT2D eigenvalue weighted by Gasteiger charge is -2.12. The fourth-order valence-corrected chi connectivity index (χ4v) is 3.13. The number of benzene rings is 1. The molecule has 108 valence electrons. The van der Waals surface area contributed by atoms with Crippen molar-refractivity contribution in [1.29, 1.82) is 0 Å². The van der Waals surface area contributed by atoms with Crippen molar-refractivity contribution in [2.75, 3.05) is 6.54 Å². The summed E-state index contributed by atoms with van der Waals surface area (Å²) in [7, 11) is 0. The molecule has 2 heterocycles. The summed E-state index contributed by atoms with van der Waals surface area (Å²) in [6.45, 7) is 7.11. The van der Waals surface area contributed by atoms with Crippen LogP contribution in [-0.2, 0) is 6.42 Å². The topological polar surface area (TPSA) is 37.3 Å². The Bertz CT molecular complexity index is 725. The highest BCUT2D eigenvalue weighted by molar-refractivity contribution is 7.09. The van der Waals surface area contributed by atoms with Crippen molar-refractivity contribution in [3.05, 3.63) is 57.2 Å². The van der Waals surface area contributed by atoms with Crippen LogP contribution in [0.4, 0.5) is 0 Å². The molecule has 1 aromatic heterocycles. The second kappa shape index (κ2) is 5.82. The molecule has 4 heteroatoms. The van der Waals surface area contributed by atoms with Gasteiger partial charge in [0, 0.05) is 17.5 Å². The highest BCUT2D eigenvalue weighted by Gasteiger charge is 2.11. The van der Waals surface area contributed by atoms with E-state index in [1.54, 1.807) is 11.3 Å². The smallest absolute Gasteiger partial charge is 0.0989 e. The molecule has 0 saturated heterocycles. The van der Waals surface area contributed by atoms with E-state index in [2.05, 4.69) is 47.7 Å². The summed E-state index contributed by atoms with van der Waals surface area (Å²) < 4.78 is 0. The largest absolute Gasteiger partial charge is 0.377 e. The van der Waals surface area contributed by atoms with Crippen molar-refractivity contribution < 1.29 is 0 Å². The van der Waals surface area contributed by atoms with Gasteiger partial charge in [-0.25, -0.2) is 4.98 Å². The van der Waals surface area contributed by atoms with Crippen LogP contribution in [0.3, 0.4) is 0 Å². The van der Waals surface area contributed by atoms with Crippen LogP contribution in [0.25, 0.3) is 5.70 Å². The first kappa shape index (κ1) is 14.0. The molecule has 1 aliphatic rings. The Kier molecular flexibility index (Phi) is 3.88. The number of hydrogen-bond acceptors (Lipinski definition) is 4. The molecule has 0 saturated carbocycles. The first-order chi connectivity index (χ1) is 10.1. The zero-order valence-corrected chi connectivity index (χ0v) is 13.4. The van der Waals surface area contributed by atoms with Gasteiger partial charge in [-0.05, 0) is 31.9 Å². The quantitative estimate of drug-likeness (QED) is 0.937. The third-order valence-corrected chi connectivity index (χ3v) is 4.47. The first-order valence-electron chi connectivity index (χ1n) is 7.10. The average Bonchev–Trinajstić information content (AvgIpc) is 2.92. The number of rotatable bonds is 3. The van der Waals surface area contributed by atoms with Crippen molar-refractivity contribution in [1.82, 2.24) is 10.3 Å². The maximum absolute atomic E-state index is 4.74. The van der Waals surface area contributed by atoms with E-state index >= 15 is 0 Å². The Morgan fingerprint density at radius 3 is 2.86 bits per heavy atom. The average molecular weight is 297 g/mol. The lowest BCUT2D eigenvalue weighted by Crippen LogP contribution is -2.22. The molecular formula is C17H19N3S. The van der Waals surface area contributed by atoms with Crippen molar-refractivity contribution in [3.8, 4) is 0 Å². The minimum absolute atomic E-state index is 0.801. The summed E-state index contributed by atoms with van der Waals surface area (Å²) >= 11 is 1.71. The highest BCUT2D eigenvalue weighted by Crippen LogP contribution is 2.22. The molecule has 0 aliphatic carbocycles. The van der Waals surface area contributed by atoms with Crippen LogP contribution in [0.15, 0.2) is 34.8 Å². The van der Waals surface area contributed by atoms with Crippen molar-refractivity contribution in [3.63, 3.8) is 0 Å². The molecule has 0 bridgehead atoms. The van der Waals surface area contributed by atoms with Crippen LogP contribution in [0.2, 0.25) is 0 Å². The Hall–Kier alpha value is -1.94. The number of nitrogens with zero attached hydrogens (tertiary/aromatic N) is 2. The lowest BCUT2D eigenvalue weighted by atomic mass is 10.0. The van der Waals surface area contributed by atoms with Crippen molar-refractivity contribution in [2.45, 2.75) is 27.2 Å². The van der Waals surface area contributed by atoms with Gasteiger partial charge >= 0.3 is 0 Å². The van der Waals surface area contributed by atoms with Gasteiger partial charge in [-0.1, -0.05) is 23.8 Å². The van der Waals surface area contributed by atoms with Gasteiger partial charge in [-0.2, -0.15) is 0 Å². The van der Waals surface area contributed by atoms with E-state index in [9.17, 15) is 0 Å². The van der Waals surface area contributed by atoms with Gasteiger partial charge in [-0.15, -0.1) is 11.3 Å². The SMILES string of the molecule is CC1=NC=C(c2csc(Cc3cc(C)ccc3C)n2)NC1. The molecule has 0 fully saturated rings. The fraction of sp³-hybridized carbons (Fsp3) is 0.294. The van der Waals surface area contributed by atoms with E-state index < -0.39 is 0 Å². The molecule has 1 aliphatic heterocycles. The Morgan fingerprint density at radius 2 is 2.10 bits per heavy atom. The summed E-state index contributed by atoms with van der Waals surface area (Å²) in [6, 6.07) is 6.59. The van der Waals surface area contributed by atoms with E-state index in [0.717, 1.165) is 35.1 Å². The molecule has 21 heavy (non-hydrogen) atoms. The molecule has 3 nitrogen and oxygen atoms in total. The standard InChI is InChI=1S/C17H19N3S/c1-11-4-5-12(2)14(6-11)7-17-20-16(10-21-17)15-9-18-13(3)8-19-15/h4-6,9-10,19H,7-8H2,1-3H3. The van der Waals surface area contributed by atoms with Crippen LogP contribution in [0, 0.1) is 13.8 Å². The normalized spacial score (nSPS) is 14.4. The molecule has 1 aromatic carbocycles. The van der Waals surface area contributed by atoms with Crippen LogP contribution < -0.4 is 5.32 Å². The van der Waals surface area contributed by atoms with Gasteiger partial charge in [0.1, 0.15) is 0 Å². The number of aliphatic imine (C=N–C) groups is 1. The van der Waals surface area contributed by atoms with Crippen LogP contribution in [0.5, 0.6) is 0 Å². The number of nitrogens with one attached hydrogen (secondary N) is 1. The minimum Gasteiger partial charge on any atom is -0.377 e. The second-order valence-electron chi connectivity index (χ2n) is 5.49. The highest BCUT2D eigenvalue weighted by atomic mass is 32.1. The van der Waals surface area contributed by atoms with Crippen LogP contribution in [0.1, 0.15) is 34.3 Å².